The lowest BCUT2D eigenvalue weighted by Gasteiger charge is -2.33. The van der Waals surface area contributed by atoms with E-state index in [0.717, 1.165) is 11.1 Å². The van der Waals surface area contributed by atoms with Crippen LogP contribution in [-0.4, -0.2) is 27.3 Å². The summed E-state index contributed by atoms with van der Waals surface area (Å²) in [5.41, 5.74) is 1.96. The predicted octanol–water partition coefficient (Wildman–Crippen LogP) is 3.87. The second-order valence-electron chi connectivity index (χ2n) is 5.97. The van der Waals surface area contributed by atoms with Crippen molar-refractivity contribution in [3.05, 3.63) is 53.6 Å². The Hall–Kier alpha value is -2.69. The number of esters is 1. The van der Waals surface area contributed by atoms with E-state index in [0.29, 0.717) is 23.7 Å². The standard InChI is InChI=1S/C20H22O5/c1-22-15-11-17(23-2)20-14(10-19(21)24-3)9-16(25-18(20)12-15)13-7-5-4-6-8-13/h4-8,11-12,14,16H,9-10H2,1-3H3/t14-,16+/m1/s1. The predicted molar refractivity (Wildman–Crippen MR) is 93.3 cm³/mol. The molecule has 2 aromatic rings. The Morgan fingerprint density at radius 2 is 1.88 bits per heavy atom. The molecule has 0 saturated carbocycles. The summed E-state index contributed by atoms with van der Waals surface area (Å²) >= 11 is 0. The second-order valence-corrected chi connectivity index (χ2v) is 5.97. The molecule has 0 radical (unpaired) electrons. The molecule has 0 amide bonds. The third kappa shape index (κ3) is 3.55. The van der Waals surface area contributed by atoms with Crippen LogP contribution in [-0.2, 0) is 9.53 Å². The molecule has 2 atom stereocenters. The molecule has 0 unspecified atom stereocenters. The monoisotopic (exact) mass is 342 g/mol. The maximum absolute atomic E-state index is 11.9. The summed E-state index contributed by atoms with van der Waals surface area (Å²) in [6.07, 6.45) is 0.813. The molecule has 1 heterocycles. The van der Waals surface area contributed by atoms with Gasteiger partial charge in [0, 0.05) is 23.6 Å². The number of fused-ring (bicyclic) bond motifs is 1. The van der Waals surface area contributed by atoms with Crippen LogP contribution >= 0.6 is 0 Å². The lowest BCUT2D eigenvalue weighted by atomic mass is 9.84. The van der Waals surface area contributed by atoms with Crippen LogP contribution < -0.4 is 14.2 Å². The van der Waals surface area contributed by atoms with Gasteiger partial charge >= 0.3 is 5.97 Å². The first-order chi connectivity index (χ1) is 12.2. The summed E-state index contributed by atoms with van der Waals surface area (Å²) in [5, 5.41) is 0. The molecule has 0 N–H and O–H groups in total. The van der Waals surface area contributed by atoms with Gasteiger partial charge in [0.15, 0.2) is 0 Å². The van der Waals surface area contributed by atoms with Gasteiger partial charge in [-0.25, -0.2) is 0 Å². The summed E-state index contributed by atoms with van der Waals surface area (Å²) in [4.78, 5) is 11.9. The first-order valence-electron chi connectivity index (χ1n) is 8.20. The van der Waals surface area contributed by atoms with Gasteiger partial charge in [0.1, 0.15) is 23.4 Å². The Bertz CT molecular complexity index is 741. The number of methoxy groups -OCH3 is 3. The number of hydrogen-bond acceptors (Lipinski definition) is 5. The van der Waals surface area contributed by atoms with Crippen LogP contribution in [0.25, 0.3) is 0 Å². The number of rotatable bonds is 5. The maximum atomic E-state index is 11.9. The van der Waals surface area contributed by atoms with Crippen LogP contribution in [0.2, 0.25) is 0 Å². The SMILES string of the molecule is COC(=O)C[C@H]1C[C@@H](c2ccccc2)Oc2cc(OC)cc(OC)c21. The average molecular weight is 342 g/mol. The summed E-state index contributed by atoms with van der Waals surface area (Å²) in [7, 11) is 4.61. The van der Waals surface area contributed by atoms with E-state index in [4.69, 9.17) is 18.9 Å². The van der Waals surface area contributed by atoms with Gasteiger partial charge in [0.05, 0.1) is 27.8 Å². The van der Waals surface area contributed by atoms with Gasteiger partial charge < -0.3 is 18.9 Å². The number of ether oxygens (including phenoxy) is 4. The first-order valence-corrected chi connectivity index (χ1v) is 8.20. The van der Waals surface area contributed by atoms with Crippen molar-refractivity contribution in [2.45, 2.75) is 24.9 Å². The quantitative estimate of drug-likeness (QED) is 0.772. The van der Waals surface area contributed by atoms with Gasteiger partial charge in [-0.15, -0.1) is 0 Å². The molecule has 3 rings (SSSR count). The Kier molecular flexibility index (Phi) is 5.12. The Balaban J connectivity index is 2.04. The molecule has 0 spiro atoms. The molecule has 132 valence electrons. The number of benzene rings is 2. The zero-order valence-corrected chi connectivity index (χ0v) is 14.7. The Morgan fingerprint density at radius 1 is 1.12 bits per heavy atom. The molecule has 5 heteroatoms. The fourth-order valence-corrected chi connectivity index (χ4v) is 3.28. The minimum absolute atomic E-state index is 0.0535. The smallest absolute Gasteiger partial charge is 0.306 e. The molecular formula is C20H22O5. The molecule has 1 aliphatic heterocycles. The van der Waals surface area contributed by atoms with Gasteiger partial charge in [0.25, 0.3) is 0 Å². The first kappa shape index (κ1) is 17.1. The van der Waals surface area contributed by atoms with Crippen LogP contribution in [0, 0.1) is 0 Å². The van der Waals surface area contributed by atoms with Crippen LogP contribution in [0.1, 0.15) is 36.0 Å². The number of hydrogen-bond donors (Lipinski definition) is 0. The van der Waals surface area contributed by atoms with Crippen molar-refractivity contribution in [3.8, 4) is 17.2 Å². The van der Waals surface area contributed by atoms with E-state index in [1.807, 2.05) is 42.5 Å². The number of carbonyl (C=O) groups excluding carboxylic acids is 1. The molecular weight excluding hydrogens is 320 g/mol. The van der Waals surface area contributed by atoms with Crippen molar-refractivity contribution in [3.63, 3.8) is 0 Å². The fourth-order valence-electron chi connectivity index (χ4n) is 3.28. The molecule has 0 aliphatic carbocycles. The molecule has 2 aromatic carbocycles. The van der Waals surface area contributed by atoms with Crippen LogP contribution in [0.15, 0.2) is 42.5 Å². The van der Waals surface area contributed by atoms with Gasteiger partial charge in [-0.05, 0) is 12.0 Å². The molecule has 0 fully saturated rings. The minimum atomic E-state index is -0.248. The third-order valence-electron chi connectivity index (χ3n) is 4.52. The van der Waals surface area contributed by atoms with E-state index in [2.05, 4.69) is 0 Å². The summed E-state index contributed by atoms with van der Waals surface area (Å²) in [6.45, 7) is 0. The van der Waals surface area contributed by atoms with Gasteiger partial charge in [-0.3, -0.25) is 4.79 Å². The number of carbonyl (C=O) groups is 1. The Labute approximate surface area is 147 Å². The second kappa shape index (κ2) is 7.47. The third-order valence-corrected chi connectivity index (χ3v) is 4.52. The van der Waals surface area contributed by atoms with Gasteiger partial charge in [-0.2, -0.15) is 0 Å². The molecule has 25 heavy (non-hydrogen) atoms. The summed E-state index contributed by atoms with van der Waals surface area (Å²) < 4.78 is 22.0. The van der Waals surface area contributed by atoms with E-state index in [-0.39, 0.29) is 24.4 Å². The summed E-state index contributed by atoms with van der Waals surface area (Å²) in [6, 6.07) is 13.7. The molecule has 0 saturated heterocycles. The van der Waals surface area contributed by atoms with Crippen molar-refractivity contribution in [2.24, 2.45) is 0 Å². The molecule has 0 bridgehead atoms. The van der Waals surface area contributed by atoms with Crippen molar-refractivity contribution in [2.75, 3.05) is 21.3 Å². The minimum Gasteiger partial charge on any atom is -0.496 e. The zero-order valence-electron chi connectivity index (χ0n) is 14.7. The fraction of sp³-hybridized carbons (Fsp3) is 0.350. The molecule has 5 nitrogen and oxygen atoms in total. The van der Waals surface area contributed by atoms with Crippen molar-refractivity contribution in [1.29, 1.82) is 0 Å². The lowest BCUT2D eigenvalue weighted by molar-refractivity contribution is -0.141. The normalized spacial score (nSPS) is 18.7. The summed E-state index contributed by atoms with van der Waals surface area (Å²) in [5.74, 6) is 1.70. The maximum Gasteiger partial charge on any atom is 0.306 e. The van der Waals surface area contributed by atoms with Crippen LogP contribution in [0.3, 0.4) is 0 Å². The van der Waals surface area contributed by atoms with E-state index in [1.165, 1.54) is 7.11 Å². The molecule has 0 aromatic heterocycles. The van der Waals surface area contributed by atoms with Crippen molar-refractivity contribution >= 4 is 5.97 Å². The zero-order chi connectivity index (χ0) is 17.8. The van der Waals surface area contributed by atoms with Gasteiger partial charge in [0.2, 0.25) is 0 Å². The average Bonchev–Trinajstić information content (AvgIpc) is 2.67. The van der Waals surface area contributed by atoms with E-state index >= 15 is 0 Å². The van der Waals surface area contributed by atoms with E-state index in [9.17, 15) is 4.79 Å². The van der Waals surface area contributed by atoms with Crippen molar-refractivity contribution < 1.29 is 23.7 Å². The Morgan fingerprint density at radius 3 is 2.52 bits per heavy atom. The van der Waals surface area contributed by atoms with E-state index in [1.54, 1.807) is 14.2 Å². The van der Waals surface area contributed by atoms with Crippen LogP contribution in [0.5, 0.6) is 17.2 Å². The van der Waals surface area contributed by atoms with E-state index < -0.39 is 0 Å². The highest BCUT2D eigenvalue weighted by Crippen LogP contribution is 2.49. The topological polar surface area (TPSA) is 54.0 Å². The lowest BCUT2D eigenvalue weighted by Crippen LogP contribution is -2.22. The highest BCUT2D eigenvalue weighted by molar-refractivity contribution is 5.71. The van der Waals surface area contributed by atoms with Crippen molar-refractivity contribution in [1.82, 2.24) is 0 Å². The molecule has 1 aliphatic rings. The largest absolute Gasteiger partial charge is 0.496 e. The highest BCUT2D eigenvalue weighted by atomic mass is 16.5. The van der Waals surface area contributed by atoms with Crippen LogP contribution in [0.4, 0.5) is 0 Å². The van der Waals surface area contributed by atoms with Gasteiger partial charge in [-0.1, -0.05) is 30.3 Å². The highest BCUT2D eigenvalue weighted by Gasteiger charge is 2.34.